The Labute approximate surface area is 95.2 Å². The van der Waals surface area contributed by atoms with E-state index in [1.54, 1.807) is 0 Å². The van der Waals surface area contributed by atoms with Crippen molar-refractivity contribution in [2.24, 2.45) is 5.92 Å². The van der Waals surface area contributed by atoms with Gasteiger partial charge in [0, 0.05) is 17.3 Å². The summed E-state index contributed by atoms with van der Waals surface area (Å²) in [6, 6.07) is 7.57. The molecule has 16 heavy (non-hydrogen) atoms. The van der Waals surface area contributed by atoms with Gasteiger partial charge in [-0.1, -0.05) is 12.0 Å². The van der Waals surface area contributed by atoms with E-state index in [1.807, 2.05) is 24.3 Å². The van der Waals surface area contributed by atoms with E-state index >= 15 is 0 Å². The second-order valence-corrected chi connectivity index (χ2v) is 3.90. The summed E-state index contributed by atoms with van der Waals surface area (Å²) >= 11 is 0. The minimum Gasteiger partial charge on any atom is -0.374 e. The lowest BCUT2D eigenvalue weighted by Crippen LogP contribution is -2.13. The van der Waals surface area contributed by atoms with Crippen LogP contribution in [-0.2, 0) is 4.79 Å². The number of amides is 1. The first-order valence-corrected chi connectivity index (χ1v) is 5.38. The molecule has 2 rings (SSSR count). The van der Waals surface area contributed by atoms with E-state index in [0.29, 0.717) is 6.54 Å². The van der Waals surface area contributed by atoms with Gasteiger partial charge in [-0.05, 0) is 31.0 Å². The highest BCUT2D eigenvalue weighted by atomic mass is 16.2. The van der Waals surface area contributed by atoms with Crippen molar-refractivity contribution < 1.29 is 4.79 Å². The van der Waals surface area contributed by atoms with E-state index in [0.717, 1.165) is 24.2 Å². The highest BCUT2D eigenvalue weighted by molar-refractivity contribution is 5.94. The molecule has 1 saturated carbocycles. The minimum atomic E-state index is 0.120. The standard InChI is InChI=1S/C13H14N2O/c1-2-8-14-11-4-3-5-12(9-11)15-13(16)10-6-7-10/h1,3-5,9-10,14H,6-8H2,(H,15,16). The fraction of sp³-hybridized carbons (Fsp3) is 0.308. The van der Waals surface area contributed by atoms with Crippen molar-refractivity contribution in [1.29, 1.82) is 0 Å². The van der Waals surface area contributed by atoms with Crippen LogP contribution in [0.25, 0.3) is 0 Å². The van der Waals surface area contributed by atoms with Crippen LogP contribution in [0.3, 0.4) is 0 Å². The number of rotatable bonds is 4. The highest BCUT2D eigenvalue weighted by Crippen LogP contribution is 2.30. The van der Waals surface area contributed by atoms with E-state index in [9.17, 15) is 4.79 Å². The molecule has 1 aromatic carbocycles. The van der Waals surface area contributed by atoms with Gasteiger partial charge in [0.15, 0.2) is 0 Å². The molecule has 3 nitrogen and oxygen atoms in total. The van der Waals surface area contributed by atoms with E-state index < -0.39 is 0 Å². The van der Waals surface area contributed by atoms with Crippen LogP contribution in [0, 0.1) is 18.3 Å². The van der Waals surface area contributed by atoms with E-state index in [-0.39, 0.29) is 11.8 Å². The summed E-state index contributed by atoms with van der Waals surface area (Å²) in [5.74, 6) is 2.85. The lowest BCUT2D eigenvalue weighted by Gasteiger charge is -2.07. The maximum Gasteiger partial charge on any atom is 0.227 e. The van der Waals surface area contributed by atoms with Crippen LogP contribution in [0.1, 0.15) is 12.8 Å². The zero-order valence-corrected chi connectivity index (χ0v) is 8.99. The van der Waals surface area contributed by atoms with Gasteiger partial charge < -0.3 is 10.6 Å². The maximum absolute atomic E-state index is 11.5. The second-order valence-electron chi connectivity index (χ2n) is 3.90. The monoisotopic (exact) mass is 214 g/mol. The average molecular weight is 214 g/mol. The van der Waals surface area contributed by atoms with Crippen molar-refractivity contribution in [3.8, 4) is 12.3 Å². The summed E-state index contributed by atoms with van der Waals surface area (Å²) in [6.07, 6.45) is 7.19. The van der Waals surface area contributed by atoms with Gasteiger partial charge in [0.2, 0.25) is 5.91 Å². The Morgan fingerprint density at radius 3 is 2.88 bits per heavy atom. The SMILES string of the molecule is C#CCNc1cccc(NC(=O)C2CC2)c1. The summed E-state index contributed by atoms with van der Waals surface area (Å²) in [6.45, 7) is 0.486. The number of anilines is 2. The molecule has 0 unspecified atom stereocenters. The molecule has 1 aliphatic carbocycles. The van der Waals surface area contributed by atoms with Gasteiger partial charge in [0.05, 0.1) is 6.54 Å². The molecule has 1 fully saturated rings. The first kappa shape index (κ1) is 10.6. The van der Waals surface area contributed by atoms with Gasteiger partial charge in [-0.15, -0.1) is 6.42 Å². The maximum atomic E-state index is 11.5. The predicted molar refractivity (Wildman–Crippen MR) is 65.1 cm³/mol. The Balaban J connectivity index is 1.98. The molecule has 1 aliphatic rings. The molecule has 0 aromatic heterocycles. The molecule has 0 saturated heterocycles. The molecule has 1 amide bonds. The Kier molecular flexibility index (Phi) is 3.11. The van der Waals surface area contributed by atoms with Crippen LogP contribution in [0.15, 0.2) is 24.3 Å². The number of carbonyl (C=O) groups excluding carboxylic acids is 1. The van der Waals surface area contributed by atoms with Crippen LogP contribution in [0.4, 0.5) is 11.4 Å². The van der Waals surface area contributed by atoms with Gasteiger partial charge in [-0.2, -0.15) is 0 Å². The Hall–Kier alpha value is -1.95. The van der Waals surface area contributed by atoms with Crippen LogP contribution < -0.4 is 10.6 Å². The van der Waals surface area contributed by atoms with E-state index in [4.69, 9.17) is 6.42 Å². The van der Waals surface area contributed by atoms with Gasteiger partial charge in [0.25, 0.3) is 0 Å². The minimum absolute atomic E-state index is 0.120. The number of terminal acetylenes is 1. The normalized spacial score (nSPS) is 13.9. The lowest BCUT2D eigenvalue weighted by atomic mass is 10.2. The average Bonchev–Trinajstić information content (AvgIpc) is 3.10. The largest absolute Gasteiger partial charge is 0.374 e. The molecule has 0 radical (unpaired) electrons. The molecule has 3 heteroatoms. The number of hydrogen-bond donors (Lipinski definition) is 2. The molecule has 0 bridgehead atoms. The van der Waals surface area contributed by atoms with Crippen LogP contribution in [0.2, 0.25) is 0 Å². The number of benzene rings is 1. The number of carbonyl (C=O) groups is 1. The van der Waals surface area contributed by atoms with Gasteiger partial charge in [0.1, 0.15) is 0 Å². The Morgan fingerprint density at radius 1 is 1.44 bits per heavy atom. The molecule has 0 spiro atoms. The van der Waals surface area contributed by atoms with Gasteiger partial charge >= 0.3 is 0 Å². The summed E-state index contributed by atoms with van der Waals surface area (Å²) in [7, 11) is 0. The van der Waals surface area contributed by atoms with Crippen LogP contribution in [-0.4, -0.2) is 12.5 Å². The van der Waals surface area contributed by atoms with Crippen molar-refractivity contribution >= 4 is 17.3 Å². The van der Waals surface area contributed by atoms with Crippen molar-refractivity contribution in [3.63, 3.8) is 0 Å². The summed E-state index contributed by atoms with van der Waals surface area (Å²) in [5, 5.41) is 5.96. The summed E-state index contributed by atoms with van der Waals surface area (Å²) < 4.78 is 0. The Bertz CT molecular complexity index is 430. The molecular weight excluding hydrogens is 200 g/mol. The molecule has 2 N–H and O–H groups in total. The smallest absolute Gasteiger partial charge is 0.227 e. The summed E-state index contributed by atoms with van der Waals surface area (Å²) in [4.78, 5) is 11.5. The van der Waals surface area contributed by atoms with Crippen molar-refractivity contribution in [2.75, 3.05) is 17.2 Å². The predicted octanol–water partition coefficient (Wildman–Crippen LogP) is 2.08. The zero-order chi connectivity index (χ0) is 11.4. The molecule has 1 aromatic rings. The van der Waals surface area contributed by atoms with Gasteiger partial charge in [-0.25, -0.2) is 0 Å². The highest BCUT2D eigenvalue weighted by Gasteiger charge is 2.29. The van der Waals surface area contributed by atoms with Crippen molar-refractivity contribution in [1.82, 2.24) is 0 Å². The van der Waals surface area contributed by atoms with E-state index in [1.165, 1.54) is 0 Å². The Morgan fingerprint density at radius 2 is 2.19 bits per heavy atom. The number of hydrogen-bond acceptors (Lipinski definition) is 2. The molecule has 82 valence electrons. The zero-order valence-electron chi connectivity index (χ0n) is 8.99. The quantitative estimate of drug-likeness (QED) is 0.753. The number of nitrogens with one attached hydrogen (secondary N) is 2. The molecule has 0 heterocycles. The van der Waals surface area contributed by atoms with Crippen LogP contribution >= 0.6 is 0 Å². The fourth-order valence-corrected chi connectivity index (χ4v) is 1.45. The molecule has 0 aliphatic heterocycles. The molecular formula is C13H14N2O. The van der Waals surface area contributed by atoms with Crippen molar-refractivity contribution in [2.45, 2.75) is 12.8 Å². The van der Waals surface area contributed by atoms with Crippen LogP contribution in [0.5, 0.6) is 0 Å². The third-order valence-corrected chi connectivity index (χ3v) is 2.47. The topological polar surface area (TPSA) is 41.1 Å². The van der Waals surface area contributed by atoms with Gasteiger partial charge in [-0.3, -0.25) is 4.79 Å². The third-order valence-electron chi connectivity index (χ3n) is 2.47. The lowest BCUT2D eigenvalue weighted by molar-refractivity contribution is -0.117. The summed E-state index contributed by atoms with van der Waals surface area (Å²) in [5.41, 5.74) is 1.74. The fourth-order valence-electron chi connectivity index (χ4n) is 1.45. The molecule has 0 atom stereocenters. The van der Waals surface area contributed by atoms with Crippen molar-refractivity contribution in [3.05, 3.63) is 24.3 Å². The second kappa shape index (κ2) is 4.71. The third kappa shape index (κ3) is 2.77. The first-order chi connectivity index (χ1) is 7.79. The first-order valence-electron chi connectivity index (χ1n) is 5.38. The van der Waals surface area contributed by atoms with E-state index in [2.05, 4.69) is 16.6 Å².